The number of allylic oxidation sites excluding steroid dienone is 3. The molecule has 0 aromatic heterocycles. The highest BCUT2D eigenvalue weighted by Crippen LogP contribution is 2.41. The minimum atomic E-state index is -5.23. The van der Waals surface area contributed by atoms with E-state index in [1.54, 1.807) is 60.7 Å². The Hall–Kier alpha value is -3.53. The number of benzene rings is 2. The summed E-state index contributed by atoms with van der Waals surface area (Å²) in [5.74, 6) is -1.09. The van der Waals surface area contributed by atoms with Crippen molar-refractivity contribution in [2.24, 2.45) is 5.14 Å². The minimum absolute atomic E-state index is 0.0500. The van der Waals surface area contributed by atoms with Crippen LogP contribution in [-0.2, 0) is 21.2 Å². The average Bonchev–Trinajstić information content (AvgIpc) is 2.89. The molecule has 0 heterocycles. The minimum Gasteiger partial charge on any atom is -0.339 e. The van der Waals surface area contributed by atoms with Crippen LogP contribution in [0.2, 0.25) is 0 Å². The fourth-order valence-corrected chi connectivity index (χ4v) is 5.85. The molecule has 3 rings (SSSR count). The quantitative estimate of drug-likeness (QED) is 0.335. The molecule has 12 heteroatoms. The second kappa shape index (κ2) is 12.5. The maximum atomic E-state index is 14.8. The largest absolute Gasteiger partial charge is 0.405 e. The number of sulfonamides is 1. The maximum absolute atomic E-state index is 14.8. The Morgan fingerprint density at radius 3 is 2.12 bits per heavy atom. The number of primary sulfonamides is 1. The predicted octanol–water partition coefficient (Wildman–Crippen LogP) is 4.34. The van der Waals surface area contributed by atoms with Crippen molar-refractivity contribution in [3.63, 3.8) is 0 Å². The molecule has 41 heavy (non-hydrogen) atoms. The highest BCUT2D eigenvalue weighted by molar-refractivity contribution is 7.90. The Labute approximate surface area is 237 Å². The van der Waals surface area contributed by atoms with Gasteiger partial charge in [0.2, 0.25) is 15.9 Å². The van der Waals surface area contributed by atoms with Crippen LogP contribution in [0.4, 0.5) is 17.6 Å². The van der Waals surface area contributed by atoms with Gasteiger partial charge in [-0.3, -0.25) is 10.1 Å². The molecule has 4 atom stereocenters. The Kier molecular flexibility index (Phi) is 9.79. The molecule has 7 nitrogen and oxygen atoms in total. The second-order valence-electron chi connectivity index (χ2n) is 10.6. The summed E-state index contributed by atoms with van der Waals surface area (Å²) in [6, 6.07) is 13.2. The summed E-state index contributed by atoms with van der Waals surface area (Å²) in [6.45, 7) is 2.16. The lowest BCUT2D eigenvalue weighted by Crippen LogP contribution is -2.67. The first kappa shape index (κ1) is 32.0. The summed E-state index contributed by atoms with van der Waals surface area (Å²) in [4.78, 5) is 13.2. The number of halogens is 4. The number of hydrogen-bond acceptors (Lipinski definition) is 5. The number of nitriles is 1. The van der Waals surface area contributed by atoms with Crippen molar-refractivity contribution in [2.75, 3.05) is 0 Å². The topological polar surface area (TPSA) is 125 Å². The van der Waals surface area contributed by atoms with E-state index in [9.17, 15) is 36.0 Å². The van der Waals surface area contributed by atoms with Crippen LogP contribution < -0.4 is 15.8 Å². The van der Waals surface area contributed by atoms with Gasteiger partial charge in [-0.1, -0.05) is 78.9 Å². The van der Waals surface area contributed by atoms with Crippen molar-refractivity contribution >= 4 is 21.5 Å². The zero-order chi connectivity index (χ0) is 30.5. The van der Waals surface area contributed by atoms with E-state index in [2.05, 4.69) is 10.6 Å². The number of alkyl halides is 4. The average molecular weight is 593 g/mol. The zero-order valence-electron chi connectivity index (χ0n) is 22.5. The van der Waals surface area contributed by atoms with Crippen LogP contribution >= 0.6 is 0 Å². The van der Waals surface area contributed by atoms with E-state index in [-0.39, 0.29) is 6.42 Å². The smallest absolute Gasteiger partial charge is 0.339 e. The number of carbonyl (C=O) groups excluding carboxylic acids is 1. The number of hydrogen-bond donors (Lipinski definition) is 3. The lowest BCUT2D eigenvalue weighted by Gasteiger charge is -2.41. The number of rotatable bonds is 11. The van der Waals surface area contributed by atoms with Crippen molar-refractivity contribution in [1.29, 1.82) is 5.26 Å². The van der Waals surface area contributed by atoms with E-state index in [0.717, 1.165) is 19.9 Å². The normalized spacial score (nSPS) is 19.9. The third-order valence-electron chi connectivity index (χ3n) is 6.77. The number of nitrogens with one attached hydrogen (secondary N) is 2. The van der Waals surface area contributed by atoms with Crippen LogP contribution in [0.15, 0.2) is 78.9 Å². The van der Waals surface area contributed by atoms with Gasteiger partial charge in [-0.15, -0.1) is 0 Å². The summed E-state index contributed by atoms with van der Waals surface area (Å²) in [6.07, 6.45) is -3.14. The fourth-order valence-electron chi connectivity index (χ4n) is 4.75. The molecular weight excluding hydrogens is 560 g/mol. The Bertz CT molecular complexity index is 1420. The molecule has 0 fully saturated rings. The highest BCUT2D eigenvalue weighted by Gasteiger charge is 2.59. The Balaban J connectivity index is 1.97. The van der Waals surface area contributed by atoms with Gasteiger partial charge in [-0.2, -0.15) is 18.4 Å². The van der Waals surface area contributed by atoms with Crippen LogP contribution in [0.5, 0.6) is 0 Å². The van der Waals surface area contributed by atoms with Gasteiger partial charge < -0.3 is 5.32 Å². The SMILES string of the molecule is CC(C)(F)C[C@H](N[C@@H](C(F)(F)F)C1(S(N)(=O)=O)C=CC(c2ccccc2)=CC1)C(=O)N[C@H](C#N)Cc1ccccc1. The number of nitrogens with zero attached hydrogens (tertiary/aromatic N) is 1. The molecule has 1 unspecified atom stereocenters. The van der Waals surface area contributed by atoms with Crippen molar-refractivity contribution in [2.45, 2.75) is 67.8 Å². The lowest BCUT2D eigenvalue weighted by atomic mass is 9.85. The number of amides is 1. The van der Waals surface area contributed by atoms with Crippen LogP contribution in [0.25, 0.3) is 5.57 Å². The van der Waals surface area contributed by atoms with Crippen LogP contribution in [0, 0.1) is 11.3 Å². The first-order chi connectivity index (χ1) is 19.1. The predicted molar refractivity (Wildman–Crippen MR) is 148 cm³/mol. The molecule has 2 aromatic carbocycles. The Morgan fingerprint density at radius 2 is 1.66 bits per heavy atom. The fraction of sp³-hybridized carbons (Fsp3) is 0.379. The standard InChI is InChI=1S/C29H32F4N4O3S/c1-27(2,30)18-24(25(38)36-23(19-34)17-20-9-5-3-6-10-20)37-26(29(31,32)33)28(41(35,39)40)15-13-22(14-16-28)21-11-7-4-8-12-21/h3-15,23-24,26,37H,16-18H2,1-2H3,(H,36,38)(H2,35,39,40)/t23-,24-,26+,28?/m0/s1. The molecule has 220 valence electrons. The molecular formula is C29H32F4N4O3S. The van der Waals surface area contributed by atoms with E-state index < -0.39 is 63.5 Å². The molecule has 0 aliphatic heterocycles. The van der Waals surface area contributed by atoms with E-state index in [1.807, 2.05) is 6.07 Å². The van der Waals surface area contributed by atoms with E-state index in [0.29, 0.717) is 16.7 Å². The summed E-state index contributed by atoms with van der Waals surface area (Å²) in [5, 5.41) is 19.5. The van der Waals surface area contributed by atoms with Gasteiger partial charge in [0.25, 0.3) is 0 Å². The monoisotopic (exact) mass is 592 g/mol. The second-order valence-corrected chi connectivity index (χ2v) is 12.4. The summed E-state index contributed by atoms with van der Waals surface area (Å²) >= 11 is 0. The van der Waals surface area contributed by atoms with Gasteiger partial charge in [0, 0.05) is 12.8 Å². The zero-order valence-corrected chi connectivity index (χ0v) is 23.3. The molecule has 4 N–H and O–H groups in total. The highest BCUT2D eigenvalue weighted by atomic mass is 32.2. The molecule has 1 aliphatic rings. The van der Waals surface area contributed by atoms with Gasteiger partial charge in [-0.05, 0) is 37.0 Å². The number of nitrogens with two attached hydrogens (primary N) is 1. The summed E-state index contributed by atoms with van der Waals surface area (Å²) < 4.78 is 81.7. The molecule has 0 bridgehead atoms. The first-order valence-corrected chi connectivity index (χ1v) is 14.3. The van der Waals surface area contributed by atoms with E-state index in [1.165, 1.54) is 12.2 Å². The molecule has 0 saturated carbocycles. The van der Waals surface area contributed by atoms with Crippen LogP contribution in [0.3, 0.4) is 0 Å². The third kappa shape index (κ3) is 8.25. The van der Waals surface area contributed by atoms with Gasteiger partial charge in [0.15, 0.2) is 0 Å². The molecule has 1 amide bonds. The molecule has 2 aromatic rings. The van der Waals surface area contributed by atoms with Crippen LogP contribution in [-0.4, -0.2) is 49.0 Å². The van der Waals surface area contributed by atoms with Crippen molar-refractivity contribution in [3.8, 4) is 6.07 Å². The summed E-state index contributed by atoms with van der Waals surface area (Å²) in [5.41, 5.74) is -0.308. The van der Waals surface area contributed by atoms with E-state index in [4.69, 9.17) is 5.14 Å². The van der Waals surface area contributed by atoms with E-state index >= 15 is 0 Å². The van der Waals surface area contributed by atoms with Gasteiger partial charge in [0.1, 0.15) is 22.5 Å². The Morgan fingerprint density at radius 1 is 1.07 bits per heavy atom. The third-order valence-corrected chi connectivity index (χ3v) is 8.37. The summed E-state index contributed by atoms with van der Waals surface area (Å²) in [7, 11) is -4.95. The van der Waals surface area contributed by atoms with Crippen molar-refractivity contribution < 1.29 is 30.8 Å². The molecule has 0 radical (unpaired) electrons. The molecule has 0 saturated heterocycles. The lowest BCUT2D eigenvalue weighted by molar-refractivity contribution is -0.164. The molecule has 1 aliphatic carbocycles. The van der Waals surface area contributed by atoms with Gasteiger partial charge >= 0.3 is 6.18 Å². The van der Waals surface area contributed by atoms with Gasteiger partial charge in [-0.25, -0.2) is 17.9 Å². The number of carbonyl (C=O) groups is 1. The molecule has 0 spiro atoms. The van der Waals surface area contributed by atoms with Gasteiger partial charge in [0.05, 0.1) is 12.1 Å². The maximum Gasteiger partial charge on any atom is 0.405 e. The van der Waals surface area contributed by atoms with Crippen molar-refractivity contribution in [1.82, 2.24) is 10.6 Å². The van der Waals surface area contributed by atoms with Crippen molar-refractivity contribution in [3.05, 3.63) is 90.0 Å². The van der Waals surface area contributed by atoms with Crippen LogP contribution in [0.1, 0.15) is 37.8 Å². The first-order valence-electron chi connectivity index (χ1n) is 12.8.